The van der Waals surface area contributed by atoms with Crippen LogP contribution in [0, 0.1) is 11.8 Å². The van der Waals surface area contributed by atoms with E-state index in [1.54, 1.807) is 14.2 Å². The maximum absolute atomic E-state index is 5.38. The molecule has 0 aromatic rings. The van der Waals surface area contributed by atoms with Crippen LogP contribution in [-0.2, 0) is 8.85 Å². The molecule has 2 bridgehead atoms. The number of rotatable bonds is 3. The van der Waals surface area contributed by atoms with Crippen LogP contribution < -0.4 is 0 Å². The van der Waals surface area contributed by atoms with Gasteiger partial charge in [0.25, 0.3) is 0 Å². The van der Waals surface area contributed by atoms with E-state index >= 15 is 0 Å². The fourth-order valence-electron chi connectivity index (χ4n) is 2.52. The molecule has 0 N–H and O–H groups in total. The average Bonchev–Trinajstić information content (AvgIpc) is 2.67. The molecule has 2 aliphatic carbocycles. The molecular formula is C9H16O2Si. The summed E-state index contributed by atoms with van der Waals surface area (Å²) in [7, 11) is 2.11. The molecule has 0 radical (unpaired) electrons. The van der Waals surface area contributed by atoms with Gasteiger partial charge in [-0.3, -0.25) is 0 Å². The minimum atomic E-state index is -1.43. The Kier molecular flexibility index (Phi) is 2.34. The second-order valence-electron chi connectivity index (χ2n) is 3.74. The monoisotopic (exact) mass is 184 g/mol. The van der Waals surface area contributed by atoms with Crippen molar-refractivity contribution in [3.05, 3.63) is 11.3 Å². The Balaban J connectivity index is 2.08. The summed E-state index contributed by atoms with van der Waals surface area (Å²) >= 11 is 0. The van der Waals surface area contributed by atoms with Crippen molar-refractivity contribution >= 4 is 9.28 Å². The first-order valence-electron chi connectivity index (χ1n) is 4.62. The van der Waals surface area contributed by atoms with Crippen LogP contribution in [0.1, 0.15) is 19.3 Å². The van der Waals surface area contributed by atoms with Crippen molar-refractivity contribution in [2.24, 2.45) is 11.8 Å². The number of hydrogen-bond acceptors (Lipinski definition) is 2. The van der Waals surface area contributed by atoms with Gasteiger partial charge < -0.3 is 8.85 Å². The van der Waals surface area contributed by atoms with Crippen LogP contribution >= 0.6 is 0 Å². The Labute approximate surface area is 75.4 Å². The van der Waals surface area contributed by atoms with E-state index in [1.165, 1.54) is 24.5 Å². The molecule has 0 amide bonds. The van der Waals surface area contributed by atoms with Gasteiger partial charge in [-0.1, -0.05) is 6.08 Å². The Morgan fingerprint density at radius 2 is 2.08 bits per heavy atom. The minimum absolute atomic E-state index is 0.812. The van der Waals surface area contributed by atoms with Gasteiger partial charge in [-0.25, -0.2) is 0 Å². The Morgan fingerprint density at radius 3 is 2.50 bits per heavy atom. The smallest absolute Gasteiger partial charge is 0.351 e. The lowest BCUT2D eigenvalue weighted by molar-refractivity contribution is 0.282. The van der Waals surface area contributed by atoms with Crippen molar-refractivity contribution in [3.8, 4) is 0 Å². The summed E-state index contributed by atoms with van der Waals surface area (Å²) in [4.78, 5) is 0. The Hall–Kier alpha value is -0.123. The third-order valence-electron chi connectivity index (χ3n) is 3.07. The van der Waals surface area contributed by atoms with Crippen molar-refractivity contribution in [3.63, 3.8) is 0 Å². The van der Waals surface area contributed by atoms with Crippen molar-refractivity contribution in [2.75, 3.05) is 14.2 Å². The molecule has 0 aliphatic heterocycles. The molecule has 0 aromatic heterocycles. The third-order valence-corrected chi connectivity index (χ3v) is 5.14. The number of fused-ring (bicyclic) bond motifs is 2. The highest BCUT2D eigenvalue weighted by Crippen LogP contribution is 2.44. The van der Waals surface area contributed by atoms with Gasteiger partial charge in [0.15, 0.2) is 0 Å². The molecule has 2 rings (SSSR count). The highest BCUT2D eigenvalue weighted by molar-refractivity contribution is 6.53. The fraction of sp³-hybridized carbons (Fsp3) is 0.778. The van der Waals surface area contributed by atoms with Crippen LogP contribution in [-0.4, -0.2) is 23.5 Å². The van der Waals surface area contributed by atoms with Crippen LogP contribution in [0.15, 0.2) is 11.3 Å². The summed E-state index contributed by atoms with van der Waals surface area (Å²) in [5.74, 6) is 1.66. The first-order chi connectivity index (χ1) is 5.85. The van der Waals surface area contributed by atoms with Gasteiger partial charge in [-0.05, 0) is 36.3 Å². The molecule has 3 heteroatoms. The molecule has 1 saturated carbocycles. The maximum atomic E-state index is 5.38. The molecule has 2 nitrogen and oxygen atoms in total. The van der Waals surface area contributed by atoms with E-state index in [0.717, 1.165) is 11.8 Å². The zero-order chi connectivity index (χ0) is 8.55. The highest BCUT2D eigenvalue weighted by atomic mass is 28.3. The number of hydrogen-bond donors (Lipinski definition) is 0. The Morgan fingerprint density at radius 1 is 1.33 bits per heavy atom. The average molecular weight is 184 g/mol. The molecular weight excluding hydrogens is 168 g/mol. The molecule has 0 aromatic carbocycles. The molecule has 0 heterocycles. The number of allylic oxidation sites excluding steroid dienone is 2. The van der Waals surface area contributed by atoms with Gasteiger partial charge in [-0.2, -0.15) is 0 Å². The molecule has 0 spiro atoms. The summed E-state index contributed by atoms with van der Waals surface area (Å²) in [5.41, 5.74) is 0. The summed E-state index contributed by atoms with van der Waals surface area (Å²) in [6, 6.07) is 0. The van der Waals surface area contributed by atoms with Crippen LogP contribution in [0.5, 0.6) is 0 Å². The first-order valence-corrected chi connectivity index (χ1v) is 6.14. The van der Waals surface area contributed by atoms with Crippen LogP contribution in [0.2, 0.25) is 0 Å². The molecule has 1 fully saturated rings. The van der Waals surface area contributed by atoms with Gasteiger partial charge >= 0.3 is 9.28 Å². The standard InChI is InChI=1S/C9H16O2Si/c1-10-12(11-2)9-6-7-3-4-8(9)5-7/h6-8,12H,3-5H2,1-2H3. The fourth-order valence-corrected chi connectivity index (χ4v) is 4.37. The van der Waals surface area contributed by atoms with Gasteiger partial charge in [0.2, 0.25) is 0 Å². The van der Waals surface area contributed by atoms with E-state index < -0.39 is 9.28 Å². The summed E-state index contributed by atoms with van der Waals surface area (Å²) in [6.07, 6.45) is 6.54. The van der Waals surface area contributed by atoms with E-state index in [0.29, 0.717) is 0 Å². The first kappa shape index (κ1) is 8.47. The lowest BCUT2D eigenvalue weighted by Crippen LogP contribution is -2.25. The predicted molar refractivity (Wildman–Crippen MR) is 50.1 cm³/mol. The predicted octanol–water partition coefficient (Wildman–Crippen LogP) is 1.40. The second-order valence-corrected chi connectivity index (χ2v) is 6.01. The lowest BCUT2D eigenvalue weighted by atomic mass is 10.1. The van der Waals surface area contributed by atoms with Gasteiger partial charge in [-0.15, -0.1) is 0 Å². The van der Waals surface area contributed by atoms with E-state index in [1.807, 2.05) is 0 Å². The molecule has 2 atom stereocenters. The van der Waals surface area contributed by atoms with Crippen LogP contribution in [0.3, 0.4) is 0 Å². The molecule has 68 valence electrons. The summed E-state index contributed by atoms with van der Waals surface area (Å²) in [5, 5.41) is 1.52. The molecule has 12 heavy (non-hydrogen) atoms. The lowest BCUT2D eigenvalue weighted by Gasteiger charge is -2.18. The van der Waals surface area contributed by atoms with E-state index in [2.05, 4.69) is 6.08 Å². The zero-order valence-electron chi connectivity index (χ0n) is 7.75. The van der Waals surface area contributed by atoms with Crippen LogP contribution in [0.25, 0.3) is 0 Å². The SMILES string of the molecule is CO[SiH](OC)C1=CC2CCC1C2. The quantitative estimate of drug-likeness (QED) is 0.617. The van der Waals surface area contributed by atoms with E-state index in [-0.39, 0.29) is 0 Å². The third kappa shape index (κ3) is 1.26. The maximum Gasteiger partial charge on any atom is 0.351 e. The minimum Gasteiger partial charge on any atom is -0.397 e. The van der Waals surface area contributed by atoms with E-state index in [4.69, 9.17) is 8.85 Å². The normalized spacial score (nSPS) is 33.1. The van der Waals surface area contributed by atoms with Gasteiger partial charge in [0, 0.05) is 14.2 Å². The molecule has 2 unspecified atom stereocenters. The van der Waals surface area contributed by atoms with Crippen molar-refractivity contribution in [1.29, 1.82) is 0 Å². The summed E-state index contributed by atoms with van der Waals surface area (Å²) < 4.78 is 10.8. The van der Waals surface area contributed by atoms with E-state index in [9.17, 15) is 0 Å². The highest BCUT2D eigenvalue weighted by Gasteiger charge is 2.37. The topological polar surface area (TPSA) is 18.5 Å². The van der Waals surface area contributed by atoms with Crippen molar-refractivity contribution < 1.29 is 8.85 Å². The van der Waals surface area contributed by atoms with Gasteiger partial charge in [0.1, 0.15) is 0 Å². The molecule has 0 saturated heterocycles. The van der Waals surface area contributed by atoms with Crippen LogP contribution in [0.4, 0.5) is 0 Å². The largest absolute Gasteiger partial charge is 0.397 e. The van der Waals surface area contributed by atoms with Crippen molar-refractivity contribution in [2.45, 2.75) is 19.3 Å². The molecule has 2 aliphatic rings. The van der Waals surface area contributed by atoms with Gasteiger partial charge in [0.05, 0.1) is 0 Å². The Bertz CT molecular complexity index is 199. The summed E-state index contributed by atoms with van der Waals surface area (Å²) in [6.45, 7) is 0. The van der Waals surface area contributed by atoms with Crippen molar-refractivity contribution in [1.82, 2.24) is 0 Å². The zero-order valence-corrected chi connectivity index (χ0v) is 8.90. The second kappa shape index (κ2) is 3.32.